The van der Waals surface area contributed by atoms with Gasteiger partial charge in [0, 0.05) is 36.0 Å². The molecule has 0 saturated carbocycles. The Morgan fingerprint density at radius 3 is 2.82 bits per heavy atom. The maximum Gasteiger partial charge on any atom is 0.127 e. The Morgan fingerprint density at radius 2 is 2.06 bits per heavy atom. The van der Waals surface area contributed by atoms with Crippen molar-refractivity contribution in [1.82, 2.24) is 0 Å². The first-order valence-corrected chi connectivity index (χ1v) is 6.13. The van der Waals surface area contributed by atoms with Crippen LogP contribution in [0.5, 0.6) is 11.5 Å². The van der Waals surface area contributed by atoms with Crippen LogP contribution in [0.25, 0.3) is 0 Å². The van der Waals surface area contributed by atoms with Crippen molar-refractivity contribution in [3.8, 4) is 11.5 Å². The van der Waals surface area contributed by atoms with Crippen LogP contribution in [0, 0.1) is 0 Å². The molecule has 2 unspecified atom stereocenters. The number of hydrogen-bond donors (Lipinski definition) is 0. The van der Waals surface area contributed by atoms with Gasteiger partial charge in [0.2, 0.25) is 0 Å². The zero-order valence-electron chi connectivity index (χ0n) is 10.2. The van der Waals surface area contributed by atoms with E-state index in [0.717, 1.165) is 41.8 Å². The van der Waals surface area contributed by atoms with Gasteiger partial charge in [0.15, 0.2) is 0 Å². The van der Waals surface area contributed by atoms with Gasteiger partial charge in [-0.15, -0.1) is 0 Å². The summed E-state index contributed by atoms with van der Waals surface area (Å²) in [6.07, 6.45) is 3.57. The van der Waals surface area contributed by atoms with E-state index in [0.29, 0.717) is 6.42 Å². The number of benzene rings is 1. The molecule has 17 heavy (non-hydrogen) atoms. The summed E-state index contributed by atoms with van der Waals surface area (Å²) in [5, 5.41) is 0. The minimum atomic E-state index is 0.204. The van der Waals surface area contributed by atoms with Gasteiger partial charge >= 0.3 is 0 Å². The standard InChI is InChI=1S/C14H16O3/c1-8-5-10-7-13-12(6-9(2)16-13)11(3-4-15)14(10)17-8/h4,7-9H,3,5-6H2,1-2H3. The van der Waals surface area contributed by atoms with Gasteiger partial charge in [-0.3, -0.25) is 0 Å². The summed E-state index contributed by atoms with van der Waals surface area (Å²) in [5.74, 6) is 1.88. The molecule has 0 saturated heterocycles. The zero-order valence-corrected chi connectivity index (χ0v) is 10.2. The van der Waals surface area contributed by atoms with E-state index in [1.807, 2.05) is 0 Å². The average molecular weight is 232 g/mol. The summed E-state index contributed by atoms with van der Waals surface area (Å²) in [6, 6.07) is 2.09. The molecule has 0 fully saturated rings. The molecule has 0 spiro atoms. The summed E-state index contributed by atoms with van der Waals surface area (Å²) >= 11 is 0. The Balaban J connectivity index is 2.14. The van der Waals surface area contributed by atoms with Gasteiger partial charge in [0.1, 0.15) is 30.0 Å². The highest BCUT2D eigenvalue weighted by Crippen LogP contribution is 2.43. The molecule has 3 rings (SSSR count). The summed E-state index contributed by atoms with van der Waals surface area (Å²) in [5.41, 5.74) is 3.39. The first kappa shape index (κ1) is 10.6. The first-order chi connectivity index (χ1) is 8.19. The molecule has 2 atom stereocenters. The molecule has 90 valence electrons. The first-order valence-electron chi connectivity index (χ1n) is 6.13. The van der Waals surface area contributed by atoms with E-state index in [2.05, 4.69) is 19.9 Å². The monoisotopic (exact) mass is 232 g/mol. The Hall–Kier alpha value is -1.51. The van der Waals surface area contributed by atoms with Crippen LogP contribution < -0.4 is 9.47 Å². The van der Waals surface area contributed by atoms with Crippen molar-refractivity contribution >= 4 is 6.29 Å². The van der Waals surface area contributed by atoms with Crippen LogP contribution in [-0.2, 0) is 24.1 Å². The van der Waals surface area contributed by atoms with E-state index < -0.39 is 0 Å². The van der Waals surface area contributed by atoms with Gasteiger partial charge in [-0.2, -0.15) is 0 Å². The summed E-state index contributed by atoms with van der Waals surface area (Å²) < 4.78 is 11.6. The van der Waals surface area contributed by atoms with Crippen molar-refractivity contribution in [1.29, 1.82) is 0 Å². The fraction of sp³-hybridized carbons (Fsp3) is 0.500. The number of hydrogen-bond acceptors (Lipinski definition) is 3. The maximum absolute atomic E-state index is 10.8. The summed E-state index contributed by atoms with van der Waals surface area (Å²) in [6.45, 7) is 4.11. The van der Waals surface area contributed by atoms with Crippen LogP contribution in [0.15, 0.2) is 6.07 Å². The maximum atomic E-state index is 10.8. The lowest BCUT2D eigenvalue weighted by molar-refractivity contribution is -0.107. The number of carbonyl (C=O) groups is 1. The lowest BCUT2D eigenvalue weighted by Crippen LogP contribution is -2.08. The van der Waals surface area contributed by atoms with Crippen molar-refractivity contribution in [2.75, 3.05) is 0 Å². The molecule has 1 aromatic carbocycles. The van der Waals surface area contributed by atoms with E-state index in [1.165, 1.54) is 5.56 Å². The Bertz CT molecular complexity index is 443. The summed E-state index contributed by atoms with van der Waals surface area (Å²) in [7, 11) is 0. The van der Waals surface area contributed by atoms with E-state index >= 15 is 0 Å². The predicted octanol–water partition coefficient (Wildman–Crippen LogP) is 2.07. The van der Waals surface area contributed by atoms with Crippen LogP contribution in [0.2, 0.25) is 0 Å². The van der Waals surface area contributed by atoms with Crippen LogP contribution in [0.4, 0.5) is 0 Å². The zero-order chi connectivity index (χ0) is 12.0. The van der Waals surface area contributed by atoms with E-state index in [9.17, 15) is 4.79 Å². The quantitative estimate of drug-likeness (QED) is 0.732. The Labute approximate surface area is 101 Å². The largest absolute Gasteiger partial charge is 0.490 e. The molecule has 0 amide bonds. The second-order valence-corrected chi connectivity index (χ2v) is 4.96. The molecule has 2 aliphatic heterocycles. The molecule has 0 radical (unpaired) electrons. The lowest BCUT2D eigenvalue weighted by atomic mass is 9.96. The van der Waals surface area contributed by atoms with Crippen molar-refractivity contribution in [3.63, 3.8) is 0 Å². The molecule has 1 aromatic rings. The van der Waals surface area contributed by atoms with Gasteiger partial charge in [-0.05, 0) is 19.9 Å². The molecule has 0 N–H and O–H groups in total. The fourth-order valence-corrected chi connectivity index (χ4v) is 2.82. The normalized spacial score (nSPS) is 24.8. The highest BCUT2D eigenvalue weighted by molar-refractivity contribution is 5.65. The third kappa shape index (κ3) is 1.61. The smallest absolute Gasteiger partial charge is 0.127 e. The van der Waals surface area contributed by atoms with E-state index in [-0.39, 0.29) is 12.2 Å². The molecule has 2 heterocycles. The molecule has 0 aliphatic carbocycles. The SMILES string of the molecule is CC1Cc2c(cc3c(c2CC=O)OC(C)C3)O1. The second-order valence-electron chi connectivity index (χ2n) is 4.96. The number of aldehydes is 1. The highest BCUT2D eigenvalue weighted by atomic mass is 16.5. The van der Waals surface area contributed by atoms with Gasteiger partial charge in [0.25, 0.3) is 0 Å². The molecule has 2 aliphatic rings. The van der Waals surface area contributed by atoms with E-state index in [1.54, 1.807) is 0 Å². The van der Waals surface area contributed by atoms with Crippen LogP contribution in [0.1, 0.15) is 30.5 Å². The van der Waals surface area contributed by atoms with Crippen molar-refractivity contribution in [2.45, 2.75) is 45.3 Å². The molecule has 3 heteroatoms. The van der Waals surface area contributed by atoms with Crippen molar-refractivity contribution in [3.05, 3.63) is 22.8 Å². The van der Waals surface area contributed by atoms with Crippen molar-refractivity contribution < 1.29 is 14.3 Å². The number of ether oxygens (including phenoxy) is 2. The molecule has 0 aromatic heterocycles. The summed E-state index contributed by atoms with van der Waals surface area (Å²) in [4.78, 5) is 10.8. The fourth-order valence-electron chi connectivity index (χ4n) is 2.82. The number of fused-ring (bicyclic) bond motifs is 2. The highest BCUT2D eigenvalue weighted by Gasteiger charge is 2.30. The van der Waals surface area contributed by atoms with E-state index in [4.69, 9.17) is 9.47 Å². The second kappa shape index (κ2) is 3.76. The lowest BCUT2D eigenvalue weighted by Gasteiger charge is -2.11. The average Bonchev–Trinajstić information content (AvgIpc) is 2.79. The number of rotatable bonds is 2. The van der Waals surface area contributed by atoms with Gasteiger partial charge in [-0.25, -0.2) is 0 Å². The third-order valence-corrected chi connectivity index (χ3v) is 3.47. The Morgan fingerprint density at radius 1 is 1.29 bits per heavy atom. The van der Waals surface area contributed by atoms with Crippen LogP contribution >= 0.6 is 0 Å². The van der Waals surface area contributed by atoms with Crippen molar-refractivity contribution in [2.24, 2.45) is 0 Å². The minimum Gasteiger partial charge on any atom is -0.490 e. The Kier molecular flexibility index (Phi) is 2.35. The molecular weight excluding hydrogens is 216 g/mol. The topological polar surface area (TPSA) is 35.5 Å². The molecule has 0 bridgehead atoms. The van der Waals surface area contributed by atoms with Gasteiger partial charge in [-0.1, -0.05) is 0 Å². The molecule has 3 nitrogen and oxygen atoms in total. The number of carbonyl (C=O) groups excluding carboxylic acids is 1. The third-order valence-electron chi connectivity index (χ3n) is 3.47. The minimum absolute atomic E-state index is 0.204. The predicted molar refractivity (Wildman–Crippen MR) is 63.8 cm³/mol. The van der Waals surface area contributed by atoms with Gasteiger partial charge in [0.05, 0.1) is 0 Å². The molecular formula is C14H16O3. The van der Waals surface area contributed by atoms with Crippen LogP contribution in [-0.4, -0.2) is 18.5 Å². The van der Waals surface area contributed by atoms with Crippen LogP contribution in [0.3, 0.4) is 0 Å². The van der Waals surface area contributed by atoms with Gasteiger partial charge < -0.3 is 14.3 Å².